The molecular formula is C30H30N2O7. The molecule has 9 nitrogen and oxygen atoms in total. The van der Waals surface area contributed by atoms with Crippen LogP contribution in [0.1, 0.15) is 5.56 Å². The molecule has 4 aromatic rings. The number of H-pyrrole nitrogens is 1. The van der Waals surface area contributed by atoms with E-state index in [2.05, 4.69) is 4.98 Å². The van der Waals surface area contributed by atoms with Crippen LogP contribution in [-0.2, 0) is 20.8 Å². The number of hydrogen-bond acceptors (Lipinski definition) is 7. The minimum atomic E-state index is -0.580. The number of cyclic esters (lactones) is 1. The van der Waals surface area contributed by atoms with Gasteiger partial charge in [0.1, 0.15) is 18.5 Å². The van der Waals surface area contributed by atoms with Gasteiger partial charge in [-0.25, -0.2) is 4.79 Å². The molecule has 0 aliphatic carbocycles. The first-order valence-corrected chi connectivity index (χ1v) is 12.8. The molecule has 2 N–H and O–H groups in total. The minimum absolute atomic E-state index is 0.228. The average molecular weight is 531 g/mol. The fraction of sp³-hybridized carbons (Fsp3) is 0.267. The van der Waals surface area contributed by atoms with Crippen LogP contribution >= 0.6 is 0 Å². The number of amides is 1. The number of hydrogen-bond donors (Lipinski definition) is 2. The largest absolute Gasteiger partial charge is 0.490 e. The zero-order valence-corrected chi connectivity index (χ0v) is 21.4. The van der Waals surface area contributed by atoms with Gasteiger partial charge in [0.25, 0.3) is 5.56 Å². The number of nitrogens with zero attached hydrogens (tertiary/aromatic N) is 1. The lowest BCUT2D eigenvalue weighted by Crippen LogP contribution is -2.25. The normalized spacial score (nSPS) is 15.1. The van der Waals surface area contributed by atoms with Crippen molar-refractivity contribution in [1.29, 1.82) is 0 Å². The van der Waals surface area contributed by atoms with Crippen molar-refractivity contribution in [1.82, 2.24) is 4.98 Å². The van der Waals surface area contributed by atoms with Crippen molar-refractivity contribution in [2.75, 3.05) is 44.5 Å². The summed E-state index contributed by atoms with van der Waals surface area (Å²) >= 11 is 0. The number of aromatic amines is 1. The van der Waals surface area contributed by atoms with Gasteiger partial charge < -0.3 is 29.0 Å². The van der Waals surface area contributed by atoms with Gasteiger partial charge in [0, 0.05) is 16.6 Å². The second-order valence-corrected chi connectivity index (χ2v) is 9.08. The highest BCUT2D eigenvalue weighted by molar-refractivity contribution is 5.94. The number of carbonyl (C=O) groups is 1. The lowest BCUT2D eigenvalue weighted by Gasteiger charge is -2.15. The third kappa shape index (κ3) is 6.46. The number of pyridine rings is 1. The summed E-state index contributed by atoms with van der Waals surface area (Å²) in [5.41, 5.74) is 2.74. The molecule has 0 spiro atoms. The molecule has 202 valence electrons. The predicted octanol–water partition coefficient (Wildman–Crippen LogP) is 4.12. The first-order valence-electron chi connectivity index (χ1n) is 12.8. The fourth-order valence-electron chi connectivity index (χ4n) is 4.40. The topological polar surface area (TPSA) is 110 Å². The molecule has 1 amide bonds. The summed E-state index contributed by atoms with van der Waals surface area (Å²) in [7, 11) is 0. The van der Waals surface area contributed by atoms with Crippen LogP contribution in [0.5, 0.6) is 5.75 Å². The van der Waals surface area contributed by atoms with E-state index in [9.17, 15) is 14.7 Å². The summed E-state index contributed by atoms with van der Waals surface area (Å²) in [5.74, 6) is 0.628. The molecule has 3 aromatic carbocycles. The second kappa shape index (κ2) is 12.6. The van der Waals surface area contributed by atoms with Crippen molar-refractivity contribution in [2.45, 2.75) is 12.7 Å². The first-order chi connectivity index (χ1) is 19.1. The first kappa shape index (κ1) is 26.4. The third-order valence-corrected chi connectivity index (χ3v) is 6.36. The molecule has 1 fully saturated rings. The Balaban J connectivity index is 1.19. The monoisotopic (exact) mass is 530 g/mol. The molecule has 1 saturated heterocycles. The number of anilines is 1. The zero-order valence-electron chi connectivity index (χ0n) is 21.4. The Labute approximate surface area is 225 Å². The number of nitrogens with one attached hydrogen (secondary N) is 1. The SMILES string of the molecule is O=C1O[C@@H](CO)CN1c1ccc2cc(-c3ccccc3OCCOCCOCc3ccccc3)[nH]c(=O)c2c1. The van der Waals surface area contributed by atoms with Crippen LogP contribution in [-0.4, -0.2) is 61.9 Å². The van der Waals surface area contributed by atoms with E-state index in [1.54, 1.807) is 18.2 Å². The van der Waals surface area contributed by atoms with Gasteiger partial charge in [-0.15, -0.1) is 0 Å². The molecule has 0 unspecified atom stereocenters. The van der Waals surface area contributed by atoms with Crippen LogP contribution in [0.25, 0.3) is 22.0 Å². The zero-order chi connectivity index (χ0) is 27.0. The van der Waals surface area contributed by atoms with E-state index in [0.29, 0.717) is 55.6 Å². The summed E-state index contributed by atoms with van der Waals surface area (Å²) in [5, 5.41) is 10.5. The lowest BCUT2D eigenvalue weighted by molar-refractivity contribution is 0.0304. The molecule has 1 aliphatic heterocycles. The molecule has 1 aromatic heterocycles. The lowest BCUT2D eigenvalue weighted by atomic mass is 10.1. The Kier molecular flexibility index (Phi) is 8.52. The Morgan fingerprint density at radius 2 is 1.67 bits per heavy atom. The number of para-hydroxylation sites is 1. The van der Waals surface area contributed by atoms with Gasteiger partial charge in [0.15, 0.2) is 0 Å². The van der Waals surface area contributed by atoms with Crippen LogP contribution < -0.4 is 15.2 Å². The van der Waals surface area contributed by atoms with Crippen LogP contribution in [0.15, 0.2) is 83.7 Å². The number of aliphatic hydroxyl groups is 1. The molecule has 0 radical (unpaired) electrons. The molecule has 5 rings (SSSR count). The van der Waals surface area contributed by atoms with Crippen LogP contribution in [0.4, 0.5) is 10.5 Å². The molecule has 1 atom stereocenters. The maximum Gasteiger partial charge on any atom is 0.414 e. The molecule has 0 saturated carbocycles. The summed E-state index contributed by atoms with van der Waals surface area (Å²) < 4.78 is 22.3. The Bertz CT molecular complexity index is 1470. The highest BCUT2D eigenvalue weighted by Crippen LogP contribution is 2.31. The number of aromatic nitrogens is 1. The average Bonchev–Trinajstić information content (AvgIpc) is 3.35. The van der Waals surface area contributed by atoms with E-state index in [-0.39, 0.29) is 18.7 Å². The highest BCUT2D eigenvalue weighted by atomic mass is 16.6. The van der Waals surface area contributed by atoms with Crippen molar-refractivity contribution in [3.63, 3.8) is 0 Å². The van der Waals surface area contributed by atoms with Gasteiger partial charge in [-0.05, 0) is 41.3 Å². The molecule has 2 heterocycles. The fourth-order valence-corrected chi connectivity index (χ4v) is 4.40. The van der Waals surface area contributed by atoms with Crippen LogP contribution in [0, 0.1) is 0 Å². The maximum absolute atomic E-state index is 13.0. The Morgan fingerprint density at radius 1 is 0.897 bits per heavy atom. The summed E-state index contributed by atoms with van der Waals surface area (Å²) in [6, 6.07) is 24.5. The number of benzene rings is 3. The minimum Gasteiger partial charge on any atom is -0.490 e. The highest BCUT2D eigenvalue weighted by Gasteiger charge is 2.32. The molecule has 1 aliphatic rings. The van der Waals surface area contributed by atoms with E-state index in [0.717, 1.165) is 16.5 Å². The number of carbonyl (C=O) groups excluding carboxylic acids is 1. The van der Waals surface area contributed by atoms with E-state index in [1.807, 2.05) is 60.7 Å². The van der Waals surface area contributed by atoms with Crippen LogP contribution in [0.3, 0.4) is 0 Å². The van der Waals surface area contributed by atoms with Gasteiger partial charge in [0.2, 0.25) is 0 Å². The summed E-state index contributed by atoms with van der Waals surface area (Å²) in [6.45, 7) is 2.23. The molecule has 9 heteroatoms. The second-order valence-electron chi connectivity index (χ2n) is 9.08. The van der Waals surface area contributed by atoms with Crippen molar-refractivity contribution >= 4 is 22.6 Å². The smallest absolute Gasteiger partial charge is 0.414 e. The maximum atomic E-state index is 13.0. The molecule has 39 heavy (non-hydrogen) atoms. The Hall–Kier alpha value is -4.18. The van der Waals surface area contributed by atoms with Gasteiger partial charge in [-0.3, -0.25) is 9.69 Å². The molecule has 0 bridgehead atoms. The van der Waals surface area contributed by atoms with Crippen molar-refractivity contribution in [2.24, 2.45) is 0 Å². The summed E-state index contributed by atoms with van der Waals surface area (Å²) in [4.78, 5) is 29.5. The van der Waals surface area contributed by atoms with E-state index in [4.69, 9.17) is 18.9 Å². The third-order valence-electron chi connectivity index (χ3n) is 6.36. The van der Waals surface area contributed by atoms with E-state index < -0.39 is 12.2 Å². The number of ether oxygens (including phenoxy) is 4. The number of rotatable bonds is 12. The van der Waals surface area contributed by atoms with Gasteiger partial charge in [-0.2, -0.15) is 0 Å². The quantitative estimate of drug-likeness (QED) is 0.265. The Morgan fingerprint density at radius 3 is 2.49 bits per heavy atom. The van der Waals surface area contributed by atoms with Gasteiger partial charge in [0.05, 0.1) is 45.3 Å². The van der Waals surface area contributed by atoms with Gasteiger partial charge >= 0.3 is 6.09 Å². The van der Waals surface area contributed by atoms with Gasteiger partial charge in [-0.1, -0.05) is 48.5 Å². The molecular weight excluding hydrogens is 500 g/mol. The van der Waals surface area contributed by atoms with E-state index in [1.165, 1.54) is 4.90 Å². The van der Waals surface area contributed by atoms with Crippen molar-refractivity contribution in [3.05, 3.63) is 94.8 Å². The van der Waals surface area contributed by atoms with Crippen LogP contribution in [0.2, 0.25) is 0 Å². The number of aliphatic hydroxyl groups excluding tert-OH is 1. The standard InChI is InChI=1S/C30H30N2O7/c33-19-24-18-32(30(35)39-24)23-11-10-22-16-27(31-29(34)26(22)17-23)25-8-4-5-9-28(25)38-15-14-36-12-13-37-20-21-6-2-1-3-7-21/h1-11,16-17,24,33H,12-15,18-20H2,(H,31,34)/t24-/m1/s1. The van der Waals surface area contributed by atoms with E-state index >= 15 is 0 Å². The summed E-state index contributed by atoms with van der Waals surface area (Å²) in [6.07, 6.45) is -1.13. The van der Waals surface area contributed by atoms with Crippen molar-refractivity contribution in [3.8, 4) is 17.0 Å². The predicted molar refractivity (Wildman–Crippen MR) is 147 cm³/mol. The van der Waals surface area contributed by atoms with Crippen molar-refractivity contribution < 1.29 is 28.8 Å². The number of fused-ring (bicyclic) bond motifs is 1.